The Labute approximate surface area is 139 Å². The summed E-state index contributed by atoms with van der Waals surface area (Å²) in [5.74, 6) is -0.695. The van der Waals surface area contributed by atoms with Gasteiger partial charge in [0.1, 0.15) is 5.82 Å². The molecule has 6 heteroatoms. The van der Waals surface area contributed by atoms with E-state index >= 15 is 0 Å². The van der Waals surface area contributed by atoms with Crippen LogP contribution in [0.1, 0.15) is 27.9 Å². The second-order valence-electron chi connectivity index (χ2n) is 5.35. The van der Waals surface area contributed by atoms with E-state index < -0.39 is 5.82 Å². The van der Waals surface area contributed by atoms with Gasteiger partial charge in [0.15, 0.2) is 5.11 Å². The SMILES string of the molecule is O=C(NNC(=S)Nc1ccccc1F)c1ccc2c(c1)CCC2. The van der Waals surface area contributed by atoms with Gasteiger partial charge in [-0.15, -0.1) is 0 Å². The quantitative estimate of drug-likeness (QED) is 0.586. The molecule has 0 spiro atoms. The highest BCUT2D eigenvalue weighted by Gasteiger charge is 2.14. The van der Waals surface area contributed by atoms with Gasteiger partial charge in [0.2, 0.25) is 0 Å². The summed E-state index contributed by atoms with van der Waals surface area (Å²) in [4.78, 5) is 12.1. The first-order chi connectivity index (χ1) is 11.1. The molecule has 0 unspecified atom stereocenters. The minimum atomic E-state index is -0.415. The number of aryl methyl sites for hydroxylation is 2. The molecule has 0 saturated heterocycles. The van der Waals surface area contributed by atoms with E-state index in [9.17, 15) is 9.18 Å². The van der Waals surface area contributed by atoms with Crippen LogP contribution in [0.3, 0.4) is 0 Å². The average Bonchev–Trinajstić information content (AvgIpc) is 3.02. The third kappa shape index (κ3) is 3.65. The van der Waals surface area contributed by atoms with Crippen LogP contribution in [0.4, 0.5) is 10.1 Å². The number of nitrogens with one attached hydrogen (secondary N) is 3. The van der Waals surface area contributed by atoms with E-state index in [0.29, 0.717) is 5.56 Å². The first-order valence-electron chi connectivity index (χ1n) is 7.37. The van der Waals surface area contributed by atoms with E-state index in [1.807, 2.05) is 12.1 Å². The van der Waals surface area contributed by atoms with Crippen molar-refractivity contribution >= 4 is 28.9 Å². The molecular weight excluding hydrogens is 313 g/mol. The number of amides is 1. The van der Waals surface area contributed by atoms with E-state index in [1.54, 1.807) is 24.3 Å². The lowest BCUT2D eigenvalue weighted by Crippen LogP contribution is -2.43. The Bertz CT molecular complexity index is 763. The number of halogens is 1. The lowest BCUT2D eigenvalue weighted by Gasteiger charge is -2.12. The van der Waals surface area contributed by atoms with Gasteiger partial charge in [-0.25, -0.2) is 4.39 Å². The van der Waals surface area contributed by atoms with Crippen molar-refractivity contribution < 1.29 is 9.18 Å². The molecule has 0 aliphatic heterocycles. The minimum absolute atomic E-state index is 0.115. The van der Waals surface area contributed by atoms with Gasteiger partial charge < -0.3 is 5.32 Å². The molecule has 118 valence electrons. The number of benzene rings is 2. The number of fused-ring (bicyclic) bond motifs is 1. The molecule has 3 N–H and O–H groups in total. The van der Waals surface area contributed by atoms with Crippen LogP contribution in [0.15, 0.2) is 42.5 Å². The summed E-state index contributed by atoms with van der Waals surface area (Å²) in [6.45, 7) is 0. The lowest BCUT2D eigenvalue weighted by molar-refractivity contribution is 0.0944. The van der Waals surface area contributed by atoms with Crippen molar-refractivity contribution in [2.24, 2.45) is 0 Å². The van der Waals surface area contributed by atoms with Crippen LogP contribution in [0.25, 0.3) is 0 Å². The summed E-state index contributed by atoms with van der Waals surface area (Å²) in [5, 5.41) is 2.80. The normalized spacial score (nSPS) is 12.4. The Balaban J connectivity index is 1.56. The Hall–Kier alpha value is -2.47. The number of rotatable bonds is 2. The van der Waals surface area contributed by atoms with Crippen LogP contribution in [0, 0.1) is 5.82 Å². The number of hydrazine groups is 1. The topological polar surface area (TPSA) is 53.2 Å². The largest absolute Gasteiger partial charge is 0.329 e. The van der Waals surface area contributed by atoms with Crippen molar-refractivity contribution in [1.82, 2.24) is 10.9 Å². The fourth-order valence-corrected chi connectivity index (χ4v) is 2.78. The molecule has 0 bridgehead atoms. The zero-order valence-corrected chi connectivity index (χ0v) is 13.2. The van der Waals surface area contributed by atoms with E-state index in [0.717, 1.165) is 19.3 Å². The van der Waals surface area contributed by atoms with Gasteiger partial charge >= 0.3 is 0 Å². The fourth-order valence-electron chi connectivity index (χ4n) is 2.61. The highest BCUT2D eigenvalue weighted by molar-refractivity contribution is 7.80. The van der Waals surface area contributed by atoms with Crippen molar-refractivity contribution in [3.05, 3.63) is 65.0 Å². The third-order valence-electron chi connectivity index (χ3n) is 3.77. The molecular formula is C17H16FN3OS. The number of anilines is 1. The summed E-state index contributed by atoms with van der Waals surface area (Å²) < 4.78 is 13.5. The van der Waals surface area contributed by atoms with E-state index in [2.05, 4.69) is 16.2 Å². The Morgan fingerprint density at radius 3 is 2.65 bits per heavy atom. The number of hydrogen-bond donors (Lipinski definition) is 3. The summed E-state index contributed by atoms with van der Waals surface area (Å²) >= 11 is 5.04. The molecule has 0 atom stereocenters. The van der Waals surface area contributed by atoms with Gasteiger partial charge in [-0.1, -0.05) is 18.2 Å². The van der Waals surface area contributed by atoms with Crippen LogP contribution >= 0.6 is 12.2 Å². The van der Waals surface area contributed by atoms with Crippen LogP contribution in [0.5, 0.6) is 0 Å². The van der Waals surface area contributed by atoms with Crippen molar-refractivity contribution in [2.45, 2.75) is 19.3 Å². The highest BCUT2D eigenvalue weighted by Crippen LogP contribution is 2.22. The van der Waals surface area contributed by atoms with Crippen molar-refractivity contribution in [2.75, 3.05) is 5.32 Å². The molecule has 1 amide bonds. The van der Waals surface area contributed by atoms with Crippen LogP contribution in [-0.4, -0.2) is 11.0 Å². The predicted molar refractivity (Wildman–Crippen MR) is 91.7 cm³/mol. The lowest BCUT2D eigenvalue weighted by atomic mass is 10.1. The average molecular weight is 329 g/mol. The van der Waals surface area contributed by atoms with Crippen molar-refractivity contribution in [3.63, 3.8) is 0 Å². The van der Waals surface area contributed by atoms with Gasteiger partial charge in [0.25, 0.3) is 5.91 Å². The van der Waals surface area contributed by atoms with Crippen LogP contribution in [-0.2, 0) is 12.8 Å². The van der Waals surface area contributed by atoms with Crippen LogP contribution in [0.2, 0.25) is 0 Å². The van der Waals surface area contributed by atoms with Gasteiger partial charge in [-0.3, -0.25) is 15.6 Å². The molecule has 1 aliphatic carbocycles. The number of carbonyl (C=O) groups excluding carboxylic acids is 1. The van der Waals surface area contributed by atoms with Gasteiger partial charge in [-0.2, -0.15) is 0 Å². The van der Waals surface area contributed by atoms with E-state index in [-0.39, 0.29) is 16.7 Å². The van der Waals surface area contributed by atoms with Gasteiger partial charge in [-0.05, 0) is 66.9 Å². The monoisotopic (exact) mass is 329 g/mol. The Kier molecular flexibility index (Phi) is 4.52. The molecule has 23 heavy (non-hydrogen) atoms. The summed E-state index contributed by atoms with van der Waals surface area (Å²) in [7, 11) is 0. The first-order valence-corrected chi connectivity index (χ1v) is 7.78. The molecule has 1 aliphatic rings. The number of para-hydroxylation sites is 1. The summed E-state index contributed by atoms with van der Waals surface area (Å²) in [5.41, 5.74) is 8.45. The molecule has 0 saturated carbocycles. The van der Waals surface area contributed by atoms with E-state index in [4.69, 9.17) is 12.2 Å². The molecule has 0 heterocycles. The highest BCUT2D eigenvalue weighted by atomic mass is 32.1. The second-order valence-corrected chi connectivity index (χ2v) is 5.76. The molecule has 3 rings (SSSR count). The molecule has 2 aromatic rings. The minimum Gasteiger partial charge on any atom is -0.329 e. The van der Waals surface area contributed by atoms with Crippen molar-refractivity contribution in [3.8, 4) is 0 Å². The van der Waals surface area contributed by atoms with Crippen LogP contribution < -0.4 is 16.2 Å². The smallest absolute Gasteiger partial charge is 0.269 e. The third-order valence-corrected chi connectivity index (χ3v) is 3.98. The Morgan fingerprint density at radius 1 is 1.04 bits per heavy atom. The molecule has 2 aromatic carbocycles. The van der Waals surface area contributed by atoms with Gasteiger partial charge in [0.05, 0.1) is 5.69 Å². The number of hydrogen-bond acceptors (Lipinski definition) is 2. The zero-order valence-electron chi connectivity index (χ0n) is 12.4. The maximum Gasteiger partial charge on any atom is 0.269 e. The maximum atomic E-state index is 13.5. The molecule has 0 fully saturated rings. The fraction of sp³-hybridized carbons (Fsp3) is 0.176. The number of carbonyl (C=O) groups is 1. The predicted octanol–water partition coefficient (Wildman–Crippen LogP) is 2.95. The van der Waals surface area contributed by atoms with E-state index in [1.165, 1.54) is 17.2 Å². The summed E-state index contributed by atoms with van der Waals surface area (Å²) in [6, 6.07) is 11.9. The molecule has 4 nitrogen and oxygen atoms in total. The second kappa shape index (κ2) is 6.75. The molecule has 0 aromatic heterocycles. The maximum absolute atomic E-state index is 13.5. The summed E-state index contributed by atoms with van der Waals surface area (Å²) in [6.07, 6.45) is 3.22. The Morgan fingerprint density at radius 2 is 1.83 bits per heavy atom. The first kappa shape index (κ1) is 15.4. The zero-order chi connectivity index (χ0) is 16.2. The van der Waals surface area contributed by atoms with Crippen molar-refractivity contribution in [1.29, 1.82) is 0 Å². The number of thiocarbonyl (C=S) groups is 1. The standard InChI is InChI=1S/C17H16FN3OS/c18-14-6-1-2-7-15(14)19-17(23)21-20-16(22)13-9-8-11-4-3-5-12(11)10-13/h1-2,6-10H,3-5H2,(H,20,22)(H2,19,21,23). The molecule has 0 radical (unpaired) electrons. The van der Waals surface area contributed by atoms with Gasteiger partial charge in [0, 0.05) is 5.56 Å².